The van der Waals surface area contributed by atoms with Crippen LogP contribution in [0.1, 0.15) is 18.0 Å². The largest absolute Gasteiger partial charge is 0.481 e. The zero-order valence-corrected chi connectivity index (χ0v) is 11.5. The number of carboxylic acids is 1. The second-order valence-corrected chi connectivity index (χ2v) is 4.97. The Kier molecular flexibility index (Phi) is 4.22. The third kappa shape index (κ3) is 2.61. The number of carboxylic acid groups (broad SMARTS) is 1. The van der Waals surface area contributed by atoms with Crippen LogP contribution in [0.2, 0.25) is 0 Å². The summed E-state index contributed by atoms with van der Waals surface area (Å²) in [5, 5.41) is 9.30. The minimum absolute atomic E-state index is 0.0148. The molecule has 5 nitrogen and oxygen atoms in total. The van der Waals surface area contributed by atoms with E-state index in [9.17, 15) is 23.5 Å². The lowest BCUT2D eigenvalue weighted by Crippen LogP contribution is -2.35. The van der Waals surface area contributed by atoms with Gasteiger partial charge in [-0.2, -0.15) is 0 Å². The molecule has 0 spiro atoms. The van der Waals surface area contributed by atoms with Gasteiger partial charge in [-0.05, 0) is 19.5 Å². The summed E-state index contributed by atoms with van der Waals surface area (Å²) in [5.41, 5.74) is -0.0729. The van der Waals surface area contributed by atoms with Crippen molar-refractivity contribution in [3.8, 4) is 0 Å². The van der Waals surface area contributed by atoms with E-state index in [0.717, 1.165) is 6.07 Å². The molecule has 2 rings (SSSR count). The number of benzene rings is 1. The molecule has 1 fully saturated rings. The van der Waals surface area contributed by atoms with E-state index in [0.29, 0.717) is 0 Å². The van der Waals surface area contributed by atoms with Crippen LogP contribution in [0, 0.1) is 17.6 Å². The summed E-state index contributed by atoms with van der Waals surface area (Å²) in [6.45, 7) is 0. The Balaban J connectivity index is 2.46. The van der Waals surface area contributed by atoms with Gasteiger partial charge in [-0.3, -0.25) is 14.5 Å². The fourth-order valence-electron chi connectivity index (χ4n) is 2.83. The Morgan fingerprint density at radius 3 is 2.62 bits per heavy atom. The molecule has 0 aliphatic carbocycles. The number of carbonyl (C=O) groups is 2. The molecular weight excluding hydrogens is 284 g/mol. The SMILES string of the molecule is COC(=O)C1CC(C(=O)O)C(c2cccc(F)c2F)N1C. The highest BCUT2D eigenvalue weighted by Crippen LogP contribution is 2.41. The zero-order chi connectivity index (χ0) is 15.7. The molecule has 21 heavy (non-hydrogen) atoms. The van der Waals surface area contributed by atoms with Gasteiger partial charge >= 0.3 is 11.9 Å². The lowest BCUT2D eigenvalue weighted by atomic mass is 9.93. The van der Waals surface area contributed by atoms with Crippen molar-refractivity contribution in [3.63, 3.8) is 0 Å². The Bertz CT molecular complexity index is 578. The van der Waals surface area contributed by atoms with Gasteiger partial charge < -0.3 is 9.84 Å². The first-order chi connectivity index (χ1) is 9.88. The van der Waals surface area contributed by atoms with Gasteiger partial charge in [-0.1, -0.05) is 12.1 Å². The van der Waals surface area contributed by atoms with Gasteiger partial charge in [0.05, 0.1) is 19.1 Å². The van der Waals surface area contributed by atoms with E-state index in [4.69, 9.17) is 0 Å². The van der Waals surface area contributed by atoms with E-state index >= 15 is 0 Å². The summed E-state index contributed by atoms with van der Waals surface area (Å²) in [6, 6.07) is 1.87. The summed E-state index contributed by atoms with van der Waals surface area (Å²) < 4.78 is 32.0. The topological polar surface area (TPSA) is 66.8 Å². The van der Waals surface area contributed by atoms with Crippen LogP contribution in [0.3, 0.4) is 0 Å². The Hall–Kier alpha value is -2.02. The number of likely N-dealkylation sites (tertiary alicyclic amines) is 1. The molecule has 0 radical (unpaired) electrons. The second-order valence-electron chi connectivity index (χ2n) is 4.97. The molecule has 0 saturated carbocycles. The maximum Gasteiger partial charge on any atom is 0.323 e. The van der Waals surface area contributed by atoms with E-state index in [1.807, 2.05) is 0 Å². The Morgan fingerprint density at radius 2 is 2.05 bits per heavy atom. The molecule has 1 aliphatic rings. The lowest BCUT2D eigenvalue weighted by molar-refractivity contribution is -0.145. The third-order valence-electron chi connectivity index (χ3n) is 3.88. The third-order valence-corrected chi connectivity index (χ3v) is 3.88. The molecule has 3 unspecified atom stereocenters. The van der Waals surface area contributed by atoms with Crippen LogP contribution in [0.25, 0.3) is 0 Å². The fraction of sp³-hybridized carbons (Fsp3) is 0.429. The number of likely N-dealkylation sites (N-methyl/N-ethyl adjacent to an activating group) is 1. The Morgan fingerprint density at radius 1 is 1.38 bits per heavy atom. The van der Waals surface area contributed by atoms with Crippen molar-refractivity contribution in [2.45, 2.75) is 18.5 Å². The number of esters is 1. The monoisotopic (exact) mass is 299 g/mol. The molecule has 1 heterocycles. The molecule has 7 heteroatoms. The van der Waals surface area contributed by atoms with Gasteiger partial charge in [0.2, 0.25) is 0 Å². The van der Waals surface area contributed by atoms with Crippen molar-refractivity contribution in [2.75, 3.05) is 14.2 Å². The van der Waals surface area contributed by atoms with Gasteiger partial charge in [0, 0.05) is 5.56 Å². The van der Waals surface area contributed by atoms with Crippen LogP contribution in [0.5, 0.6) is 0 Å². The number of hydrogen-bond acceptors (Lipinski definition) is 4. The minimum Gasteiger partial charge on any atom is -0.481 e. The van der Waals surface area contributed by atoms with Crippen LogP contribution in [0.4, 0.5) is 8.78 Å². The summed E-state index contributed by atoms with van der Waals surface area (Å²) in [7, 11) is 2.70. The standard InChI is InChI=1S/C14H15F2NO4/c1-17-10(14(20)21-2)6-8(13(18)19)12(17)7-4-3-5-9(15)11(7)16/h3-5,8,10,12H,6H2,1-2H3,(H,18,19). The number of methoxy groups -OCH3 is 1. The van der Waals surface area contributed by atoms with Crippen LogP contribution >= 0.6 is 0 Å². The molecule has 1 aliphatic heterocycles. The van der Waals surface area contributed by atoms with E-state index in [1.54, 1.807) is 0 Å². The molecule has 0 bridgehead atoms. The van der Waals surface area contributed by atoms with E-state index in [2.05, 4.69) is 4.74 Å². The summed E-state index contributed by atoms with van der Waals surface area (Å²) >= 11 is 0. The van der Waals surface area contributed by atoms with Crippen molar-refractivity contribution in [1.82, 2.24) is 4.90 Å². The van der Waals surface area contributed by atoms with Gasteiger partial charge in [0.25, 0.3) is 0 Å². The summed E-state index contributed by atoms with van der Waals surface area (Å²) in [5.74, 6) is -4.92. The van der Waals surface area contributed by atoms with Crippen molar-refractivity contribution < 1.29 is 28.2 Å². The highest BCUT2D eigenvalue weighted by Gasteiger charge is 2.48. The average Bonchev–Trinajstić information content (AvgIpc) is 2.79. The van der Waals surface area contributed by atoms with Crippen LogP contribution in [-0.2, 0) is 14.3 Å². The van der Waals surface area contributed by atoms with Crippen LogP contribution in [0.15, 0.2) is 18.2 Å². The quantitative estimate of drug-likeness (QED) is 0.858. The van der Waals surface area contributed by atoms with E-state index in [1.165, 1.54) is 31.2 Å². The maximum atomic E-state index is 14.0. The first-order valence-electron chi connectivity index (χ1n) is 6.35. The molecule has 0 aromatic heterocycles. The number of aliphatic carboxylic acids is 1. The van der Waals surface area contributed by atoms with Gasteiger partial charge in [0.1, 0.15) is 6.04 Å². The number of rotatable bonds is 3. The highest BCUT2D eigenvalue weighted by atomic mass is 19.2. The number of carbonyl (C=O) groups excluding carboxylic acids is 1. The van der Waals surface area contributed by atoms with Crippen LogP contribution < -0.4 is 0 Å². The van der Waals surface area contributed by atoms with Gasteiger partial charge in [-0.25, -0.2) is 8.78 Å². The van der Waals surface area contributed by atoms with Crippen molar-refractivity contribution in [2.24, 2.45) is 5.92 Å². The highest BCUT2D eigenvalue weighted by molar-refractivity contribution is 5.79. The first kappa shape index (κ1) is 15.4. The van der Waals surface area contributed by atoms with Gasteiger partial charge in [-0.15, -0.1) is 0 Å². The summed E-state index contributed by atoms with van der Waals surface area (Å²) in [4.78, 5) is 24.5. The molecule has 1 N–H and O–H groups in total. The van der Waals surface area contributed by atoms with Gasteiger partial charge in [0.15, 0.2) is 11.6 Å². The maximum absolute atomic E-state index is 14.0. The average molecular weight is 299 g/mol. The predicted molar refractivity (Wildman–Crippen MR) is 68.4 cm³/mol. The smallest absolute Gasteiger partial charge is 0.323 e. The molecule has 1 aromatic rings. The van der Waals surface area contributed by atoms with Crippen molar-refractivity contribution in [1.29, 1.82) is 0 Å². The number of ether oxygens (including phenoxy) is 1. The normalized spacial score (nSPS) is 25.8. The van der Waals surface area contributed by atoms with Crippen LogP contribution in [-0.4, -0.2) is 42.1 Å². The predicted octanol–water partition coefficient (Wildman–Crippen LogP) is 1.58. The fourth-order valence-corrected chi connectivity index (χ4v) is 2.83. The molecular formula is C14H15F2NO4. The second kappa shape index (κ2) is 5.77. The van der Waals surface area contributed by atoms with Crippen molar-refractivity contribution in [3.05, 3.63) is 35.4 Å². The van der Waals surface area contributed by atoms with E-state index < -0.39 is 41.6 Å². The molecule has 1 saturated heterocycles. The number of hydrogen-bond donors (Lipinski definition) is 1. The first-order valence-corrected chi connectivity index (χ1v) is 6.35. The number of halogens is 2. The van der Waals surface area contributed by atoms with E-state index in [-0.39, 0.29) is 12.0 Å². The lowest BCUT2D eigenvalue weighted by Gasteiger charge is -2.26. The Labute approximate surface area is 120 Å². The zero-order valence-electron chi connectivity index (χ0n) is 11.5. The molecule has 114 valence electrons. The molecule has 1 aromatic carbocycles. The summed E-state index contributed by atoms with van der Waals surface area (Å²) in [6.07, 6.45) is -0.0148. The molecule has 0 amide bonds. The van der Waals surface area contributed by atoms with Crippen molar-refractivity contribution >= 4 is 11.9 Å². The minimum atomic E-state index is -1.16. The number of nitrogens with zero attached hydrogens (tertiary/aromatic N) is 1. The molecule has 3 atom stereocenters.